The Morgan fingerprint density at radius 2 is 1.89 bits per heavy atom. The lowest BCUT2D eigenvalue weighted by atomic mass is 10.2. The van der Waals surface area contributed by atoms with Gasteiger partial charge in [0, 0.05) is 19.7 Å². The van der Waals surface area contributed by atoms with Crippen molar-refractivity contribution >= 4 is 18.0 Å². The molecule has 27 heavy (non-hydrogen) atoms. The molecule has 0 spiro atoms. The molecule has 1 amide bonds. The van der Waals surface area contributed by atoms with Crippen LogP contribution in [0.3, 0.4) is 0 Å². The molecule has 0 radical (unpaired) electrons. The first-order valence-electron chi connectivity index (χ1n) is 8.54. The molecule has 0 fully saturated rings. The van der Waals surface area contributed by atoms with Crippen LogP contribution in [-0.4, -0.2) is 37.0 Å². The van der Waals surface area contributed by atoms with Crippen molar-refractivity contribution < 1.29 is 23.5 Å². The highest BCUT2D eigenvalue weighted by Gasteiger charge is 2.11. The number of ether oxygens (including phenoxy) is 2. The fourth-order valence-electron chi connectivity index (χ4n) is 2.29. The molecule has 0 aliphatic rings. The summed E-state index contributed by atoms with van der Waals surface area (Å²) in [6, 6.07) is 13.2. The number of hydrogen-bond acceptors (Lipinski definition) is 4. The lowest BCUT2D eigenvalue weighted by molar-refractivity contribution is -0.147. The Balaban J connectivity index is 1.79. The van der Waals surface area contributed by atoms with Crippen LogP contribution < -0.4 is 4.74 Å². The van der Waals surface area contributed by atoms with Gasteiger partial charge in [-0.3, -0.25) is 4.79 Å². The molecule has 0 bridgehead atoms. The van der Waals surface area contributed by atoms with Gasteiger partial charge in [0.2, 0.25) is 0 Å². The number of nitrogens with zero attached hydrogens (tertiary/aromatic N) is 1. The summed E-state index contributed by atoms with van der Waals surface area (Å²) in [5, 5.41) is 0. The molecule has 5 nitrogen and oxygen atoms in total. The number of rotatable bonds is 8. The molecular formula is C21H22FNO4. The van der Waals surface area contributed by atoms with Gasteiger partial charge in [-0.2, -0.15) is 0 Å². The second kappa shape index (κ2) is 10.1. The molecule has 0 aliphatic carbocycles. The maximum Gasteiger partial charge on any atom is 0.331 e. The van der Waals surface area contributed by atoms with Crippen LogP contribution in [-0.2, 0) is 20.9 Å². The average molecular weight is 371 g/mol. The number of halogens is 1. The Morgan fingerprint density at radius 3 is 2.56 bits per heavy atom. The quantitative estimate of drug-likeness (QED) is 0.527. The lowest BCUT2D eigenvalue weighted by Gasteiger charge is -2.17. The molecule has 2 aromatic rings. The van der Waals surface area contributed by atoms with E-state index < -0.39 is 5.97 Å². The molecule has 0 atom stereocenters. The molecule has 6 heteroatoms. The van der Waals surface area contributed by atoms with Crippen LogP contribution in [0.1, 0.15) is 18.1 Å². The SMILES string of the molecule is CCOc1ccc(/C=C/C(=O)OCC(=O)N(C)Cc2cccc(F)c2)cc1. The summed E-state index contributed by atoms with van der Waals surface area (Å²) in [7, 11) is 1.57. The van der Waals surface area contributed by atoms with E-state index in [4.69, 9.17) is 9.47 Å². The zero-order valence-electron chi connectivity index (χ0n) is 15.4. The predicted molar refractivity (Wildman–Crippen MR) is 100 cm³/mol. The fraction of sp³-hybridized carbons (Fsp3) is 0.238. The Hall–Kier alpha value is -3.15. The van der Waals surface area contributed by atoms with Gasteiger partial charge in [-0.15, -0.1) is 0 Å². The highest BCUT2D eigenvalue weighted by Crippen LogP contribution is 2.13. The van der Waals surface area contributed by atoms with Crippen molar-refractivity contribution in [2.24, 2.45) is 0 Å². The Morgan fingerprint density at radius 1 is 1.15 bits per heavy atom. The van der Waals surface area contributed by atoms with Crippen molar-refractivity contribution in [2.75, 3.05) is 20.3 Å². The number of hydrogen-bond donors (Lipinski definition) is 0. The first-order chi connectivity index (χ1) is 13.0. The monoisotopic (exact) mass is 371 g/mol. The largest absolute Gasteiger partial charge is 0.494 e. The summed E-state index contributed by atoms with van der Waals surface area (Å²) in [5.41, 5.74) is 1.47. The predicted octanol–water partition coefficient (Wildman–Crippen LogP) is 3.44. The molecule has 0 aliphatic heterocycles. The van der Waals surface area contributed by atoms with Gasteiger partial charge >= 0.3 is 5.97 Å². The zero-order valence-corrected chi connectivity index (χ0v) is 15.4. The molecule has 0 aromatic heterocycles. The van der Waals surface area contributed by atoms with Crippen molar-refractivity contribution in [2.45, 2.75) is 13.5 Å². The van der Waals surface area contributed by atoms with Gasteiger partial charge in [0.15, 0.2) is 6.61 Å². The van der Waals surface area contributed by atoms with Gasteiger partial charge in [-0.05, 0) is 48.4 Å². The molecule has 0 unspecified atom stereocenters. The lowest BCUT2D eigenvalue weighted by Crippen LogP contribution is -2.30. The van der Waals surface area contributed by atoms with Gasteiger partial charge < -0.3 is 14.4 Å². The number of benzene rings is 2. The van der Waals surface area contributed by atoms with Crippen molar-refractivity contribution in [1.29, 1.82) is 0 Å². The average Bonchev–Trinajstić information content (AvgIpc) is 2.65. The van der Waals surface area contributed by atoms with E-state index >= 15 is 0 Å². The highest BCUT2D eigenvalue weighted by molar-refractivity contribution is 5.89. The summed E-state index contributed by atoms with van der Waals surface area (Å²) >= 11 is 0. The van der Waals surface area contributed by atoms with E-state index in [0.717, 1.165) is 11.3 Å². The smallest absolute Gasteiger partial charge is 0.331 e. The van der Waals surface area contributed by atoms with E-state index in [-0.39, 0.29) is 24.9 Å². The van der Waals surface area contributed by atoms with Crippen molar-refractivity contribution in [3.8, 4) is 5.75 Å². The van der Waals surface area contributed by atoms with E-state index in [0.29, 0.717) is 12.2 Å². The van der Waals surface area contributed by atoms with Crippen LogP contribution in [0.15, 0.2) is 54.6 Å². The second-order valence-electron chi connectivity index (χ2n) is 5.82. The molecule has 0 heterocycles. The maximum absolute atomic E-state index is 13.2. The third kappa shape index (κ3) is 6.93. The van der Waals surface area contributed by atoms with E-state index in [1.54, 1.807) is 37.4 Å². The van der Waals surface area contributed by atoms with Crippen LogP contribution >= 0.6 is 0 Å². The molecule has 2 rings (SSSR count). The molecular weight excluding hydrogens is 349 g/mol. The Labute approximate surface area is 158 Å². The van der Waals surface area contributed by atoms with E-state index in [1.165, 1.54) is 23.1 Å². The summed E-state index contributed by atoms with van der Waals surface area (Å²) in [4.78, 5) is 25.2. The summed E-state index contributed by atoms with van der Waals surface area (Å²) < 4.78 is 23.5. The number of esters is 1. The first-order valence-corrected chi connectivity index (χ1v) is 8.54. The third-order valence-corrected chi connectivity index (χ3v) is 3.68. The molecule has 2 aromatic carbocycles. The molecule has 142 valence electrons. The maximum atomic E-state index is 13.2. The number of carbonyl (C=O) groups excluding carboxylic acids is 2. The topological polar surface area (TPSA) is 55.8 Å². The minimum Gasteiger partial charge on any atom is -0.494 e. The summed E-state index contributed by atoms with van der Waals surface area (Å²) in [6.07, 6.45) is 2.86. The van der Waals surface area contributed by atoms with Crippen LogP contribution in [0.25, 0.3) is 6.08 Å². The second-order valence-corrected chi connectivity index (χ2v) is 5.82. The zero-order chi connectivity index (χ0) is 19.6. The number of carbonyl (C=O) groups is 2. The Kier molecular flexibility index (Phi) is 7.55. The van der Waals surface area contributed by atoms with Gasteiger partial charge in [0.1, 0.15) is 11.6 Å². The summed E-state index contributed by atoms with van der Waals surface area (Å²) in [5.74, 6) is -0.596. The number of likely N-dealkylation sites (N-methyl/N-ethyl adjacent to an activating group) is 1. The fourth-order valence-corrected chi connectivity index (χ4v) is 2.29. The van der Waals surface area contributed by atoms with Gasteiger partial charge in [0.25, 0.3) is 5.91 Å². The standard InChI is InChI=1S/C21H22FNO4/c1-3-26-19-10-7-16(8-11-19)9-12-21(25)27-15-20(24)23(2)14-17-5-4-6-18(22)13-17/h4-13H,3,14-15H2,1-2H3/b12-9+. The summed E-state index contributed by atoms with van der Waals surface area (Å²) in [6.45, 7) is 2.35. The molecule has 0 N–H and O–H groups in total. The van der Waals surface area contributed by atoms with Crippen molar-refractivity contribution in [3.63, 3.8) is 0 Å². The Bertz CT molecular complexity index is 802. The highest BCUT2D eigenvalue weighted by atomic mass is 19.1. The third-order valence-electron chi connectivity index (χ3n) is 3.68. The van der Waals surface area contributed by atoms with Gasteiger partial charge in [-0.1, -0.05) is 24.3 Å². The first kappa shape index (κ1) is 20.2. The molecule has 0 saturated carbocycles. The van der Waals surface area contributed by atoms with Crippen LogP contribution in [0, 0.1) is 5.82 Å². The van der Waals surface area contributed by atoms with Crippen molar-refractivity contribution in [3.05, 3.63) is 71.6 Å². The van der Waals surface area contributed by atoms with Crippen LogP contribution in [0.2, 0.25) is 0 Å². The van der Waals surface area contributed by atoms with Crippen molar-refractivity contribution in [1.82, 2.24) is 4.90 Å². The van der Waals surface area contributed by atoms with E-state index in [2.05, 4.69) is 0 Å². The van der Waals surface area contributed by atoms with E-state index in [9.17, 15) is 14.0 Å². The minimum absolute atomic E-state index is 0.232. The normalized spacial score (nSPS) is 10.6. The minimum atomic E-state index is -0.614. The van der Waals surface area contributed by atoms with Gasteiger partial charge in [0.05, 0.1) is 6.61 Å². The van der Waals surface area contributed by atoms with Gasteiger partial charge in [-0.25, -0.2) is 9.18 Å². The van der Waals surface area contributed by atoms with Crippen LogP contribution in [0.4, 0.5) is 4.39 Å². The van der Waals surface area contributed by atoms with E-state index in [1.807, 2.05) is 19.1 Å². The number of amides is 1. The molecule has 0 saturated heterocycles. The van der Waals surface area contributed by atoms with Crippen LogP contribution in [0.5, 0.6) is 5.75 Å².